The van der Waals surface area contributed by atoms with Crippen LogP contribution in [0.1, 0.15) is 35.9 Å². The van der Waals surface area contributed by atoms with Crippen LogP contribution in [-0.4, -0.2) is 15.5 Å². The third-order valence-corrected chi connectivity index (χ3v) is 3.22. The van der Waals surface area contributed by atoms with Crippen LogP contribution in [0.25, 0.3) is 11.0 Å². The zero-order valence-corrected chi connectivity index (χ0v) is 8.72. The summed E-state index contributed by atoms with van der Waals surface area (Å²) in [5, 5.41) is 11.0. The van der Waals surface area contributed by atoms with Crippen molar-refractivity contribution in [1.82, 2.24) is 9.55 Å². The molecule has 16 heavy (non-hydrogen) atoms. The van der Waals surface area contributed by atoms with Crippen LogP contribution in [0.2, 0.25) is 0 Å². The molecule has 1 aromatic carbocycles. The van der Waals surface area contributed by atoms with Crippen molar-refractivity contribution >= 4 is 17.0 Å². The Morgan fingerprint density at radius 3 is 2.75 bits per heavy atom. The van der Waals surface area contributed by atoms with Crippen molar-refractivity contribution in [2.45, 2.75) is 25.3 Å². The van der Waals surface area contributed by atoms with Crippen molar-refractivity contribution in [2.75, 3.05) is 0 Å². The number of hydrogen-bond acceptors (Lipinski definition) is 3. The van der Waals surface area contributed by atoms with Crippen LogP contribution in [0.3, 0.4) is 0 Å². The molecule has 3 rings (SSSR count). The van der Waals surface area contributed by atoms with Gasteiger partial charge in [-0.1, -0.05) is 12.1 Å². The number of para-hydroxylation sites is 2. The van der Waals surface area contributed by atoms with Gasteiger partial charge in [0.2, 0.25) is 0 Å². The Bertz CT molecular complexity index is 555. The first-order chi connectivity index (χ1) is 7.77. The molecular weight excluding hydrogens is 204 g/mol. The minimum atomic E-state index is -1.19. The van der Waals surface area contributed by atoms with Crippen LogP contribution < -0.4 is 5.11 Å². The van der Waals surface area contributed by atoms with Gasteiger partial charge < -0.3 is 14.5 Å². The van der Waals surface area contributed by atoms with Crippen LogP contribution in [0.15, 0.2) is 24.3 Å². The van der Waals surface area contributed by atoms with E-state index in [0.717, 1.165) is 30.3 Å². The lowest BCUT2D eigenvalue weighted by atomic mass is 9.92. The van der Waals surface area contributed by atoms with Crippen molar-refractivity contribution in [2.24, 2.45) is 0 Å². The number of carbonyl (C=O) groups is 1. The van der Waals surface area contributed by atoms with E-state index in [1.165, 1.54) is 0 Å². The fraction of sp³-hybridized carbons (Fsp3) is 0.333. The van der Waals surface area contributed by atoms with Gasteiger partial charge in [-0.3, -0.25) is 0 Å². The van der Waals surface area contributed by atoms with Crippen molar-refractivity contribution < 1.29 is 9.90 Å². The highest BCUT2D eigenvalue weighted by Gasteiger charge is 2.24. The molecule has 1 aromatic heterocycles. The smallest absolute Gasteiger partial charge is 0.157 e. The van der Waals surface area contributed by atoms with Crippen LogP contribution >= 0.6 is 0 Å². The first kappa shape index (κ1) is 9.39. The molecule has 0 N–H and O–H groups in total. The molecule has 0 spiro atoms. The zero-order chi connectivity index (χ0) is 11.1. The molecule has 2 aromatic rings. The summed E-state index contributed by atoms with van der Waals surface area (Å²) in [6.45, 7) is 0. The predicted molar refractivity (Wildman–Crippen MR) is 57.0 cm³/mol. The maximum absolute atomic E-state index is 11.0. The third kappa shape index (κ3) is 1.23. The van der Waals surface area contributed by atoms with Gasteiger partial charge in [0.15, 0.2) is 5.82 Å². The van der Waals surface area contributed by atoms with Crippen LogP contribution in [-0.2, 0) is 0 Å². The van der Waals surface area contributed by atoms with E-state index in [1.807, 2.05) is 28.8 Å². The summed E-state index contributed by atoms with van der Waals surface area (Å²) in [6.07, 6.45) is 3.21. The van der Waals surface area contributed by atoms with Crippen LogP contribution in [0.4, 0.5) is 0 Å². The van der Waals surface area contributed by atoms with Gasteiger partial charge in [0.1, 0.15) is 5.97 Å². The number of benzene rings is 1. The van der Waals surface area contributed by atoms with E-state index < -0.39 is 5.97 Å². The van der Waals surface area contributed by atoms with Gasteiger partial charge in [0.05, 0.1) is 11.0 Å². The summed E-state index contributed by atoms with van der Waals surface area (Å²) in [5.41, 5.74) is 1.63. The summed E-state index contributed by atoms with van der Waals surface area (Å²) in [4.78, 5) is 15.2. The Balaban J connectivity index is 2.26. The average Bonchev–Trinajstić information content (AvgIpc) is 2.56. The van der Waals surface area contributed by atoms with Crippen LogP contribution in [0, 0.1) is 0 Å². The number of hydrogen-bond donors (Lipinski definition) is 0. The van der Waals surface area contributed by atoms with Crippen LogP contribution in [0.5, 0.6) is 0 Å². The maximum Gasteiger partial charge on any atom is 0.157 e. The van der Waals surface area contributed by atoms with E-state index in [0.29, 0.717) is 0 Å². The quantitative estimate of drug-likeness (QED) is 0.754. The van der Waals surface area contributed by atoms with Gasteiger partial charge in [-0.05, 0) is 31.4 Å². The summed E-state index contributed by atoms with van der Waals surface area (Å²) >= 11 is 0. The van der Waals surface area contributed by atoms with Crippen molar-refractivity contribution in [3.05, 3.63) is 30.1 Å². The standard InChI is InChI=1S/C12H12N2O2/c15-12(16)11-13-9-6-1-2-7-10(9)14(11)8-4-3-5-8/h1-2,6-8H,3-5H2,(H,15,16)/p-1. The Morgan fingerprint density at radius 2 is 2.12 bits per heavy atom. The van der Waals surface area contributed by atoms with Gasteiger partial charge in [-0.2, -0.15) is 0 Å². The number of aromatic carboxylic acids is 1. The molecule has 1 fully saturated rings. The second kappa shape index (κ2) is 3.33. The summed E-state index contributed by atoms with van der Waals surface area (Å²) in [7, 11) is 0. The summed E-state index contributed by atoms with van der Waals surface area (Å²) in [6, 6.07) is 7.78. The first-order valence-corrected chi connectivity index (χ1v) is 5.45. The molecular formula is C12H11N2O2-. The average molecular weight is 215 g/mol. The molecule has 1 saturated carbocycles. The van der Waals surface area contributed by atoms with Gasteiger partial charge in [-0.15, -0.1) is 0 Å². The molecule has 4 heteroatoms. The molecule has 0 aliphatic heterocycles. The largest absolute Gasteiger partial charge is 0.542 e. The molecule has 0 unspecified atom stereocenters. The van der Waals surface area contributed by atoms with Gasteiger partial charge in [-0.25, -0.2) is 4.98 Å². The second-order valence-corrected chi connectivity index (χ2v) is 4.17. The molecule has 0 radical (unpaired) electrons. The Morgan fingerprint density at radius 1 is 1.38 bits per heavy atom. The summed E-state index contributed by atoms with van der Waals surface area (Å²) in [5.74, 6) is -1.13. The highest BCUT2D eigenvalue weighted by atomic mass is 16.4. The van der Waals surface area contributed by atoms with Gasteiger partial charge in [0.25, 0.3) is 0 Å². The first-order valence-electron chi connectivity index (χ1n) is 5.45. The fourth-order valence-corrected chi connectivity index (χ4v) is 2.20. The Kier molecular flexibility index (Phi) is 1.96. The van der Waals surface area contributed by atoms with Gasteiger partial charge in [0, 0.05) is 6.04 Å². The second-order valence-electron chi connectivity index (χ2n) is 4.17. The van der Waals surface area contributed by atoms with Gasteiger partial charge >= 0.3 is 0 Å². The zero-order valence-electron chi connectivity index (χ0n) is 8.72. The number of aromatic nitrogens is 2. The minimum Gasteiger partial charge on any atom is -0.542 e. The molecule has 1 heterocycles. The molecule has 0 bridgehead atoms. The highest BCUT2D eigenvalue weighted by molar-refractivity contribution is 5.88. The molecule has 1 aliphatic carbocycles. The third-order valence-electron chi connectivity index (χ3n) is 3.22. The number of imidazole rings is 1. The fourth-order valence-electron chi connectivity index (χ4n) is 2.20. The number of rotatable bonds is 2. The molecule has 1 aliphatic rings. The van der Waals surface area contributed by atoms with E-state index >= 15 is 0 Å². The molecule has 0 atom stereocenters. The maximum atomic E-state index is 11.0. The summed E-state index contributed by atoms with van der Waals surface area (Å²) < 4.78 is 1.81. The minimum absolute atomic E-state index is 0.0610. The molecule has 0 saturated heterocycles. The lowest BCUT2D eigenvalue weighted by Gasteiger charge is -2.29. The lowest BCUT2D eigenvalue weighted by Crippen LogP contribution is -2.29. The van der Waals surface area contributed by atoms with E-state index in [4.69, 9.17) is 0 Å². The molecule has 82 valence electrons. The SMILES string of the molecule is O=C([O-])c1nc2ccccc2n1C1CCC1. The van der Waals surface area contributed by atoms with Crippen molar-refractivity contribution in [3.8, 4) is 0 Å². The number of fused-ring (bicyclic) bond motifs is 1. The van der Waals surface area contributed by atoms with E-state index in [2.05, 4.69) is 4.98 Å². The Hall–Kier alpha value is -1.84. The van der Waals surface area contributed by atoms with E-state index in [-0.39, 0.29) is 11.9 Å². The number of carboxylic acids is 1. The molecule has 0 amide bonds. The topological polar surface area (TPSA) is 57.9 Å². The van der Waals surface area contributed by atoms with E-state index in [9.17, 15) is 9.90 Å². The van der Waals surface area contributed by atoms with E-state index in [1.54, 1.807) is 0 Å². The van der Waals surface area contributed by atoms with Crippen molar-refractivity contribution in [3.63, 3.8) is 0 Å². The number of nitrogens with zero attached hydrogens (tertiary/aromatic N) is 2. The monoisotopic (exact) mass is 215 g/mol. The number of carbonyl (C=O) groups excluding carboxylic acids is 1. The Labute approximate surface area is 92.5 Å². The lowest BCUT2D eigenvalue weighted by molar-refractivity contribution is -0.256. The number of carboxylic acid groups (broad SMARTS) is 1. The highest BCUT2D eigenvalue weighted by Crippen LogP contribution is 2.35. The van der Waals surface area contributed by atoms with Crippen molar-refractivity contribution in [1.29, 1.82) is 0 Å². The predicted octanol–water partition coefficient (Wildman–Crippen LogP) is 1.12. The normalized spacial score (nSPS) is 16.2. The molecule has 4 nitrogen and oxygen atoms in total.